The summed E-state index contributed by atoms with van der Waals surface area (Å²) in [7, 11) is -5.66. The molecule has 13 N–H and O–H groups in total. The number of benzene rings is 1. The van der Waals surface area contributed by atoms with E-state index >= 15 is 0 Å². The minimum atomic E-state index is -4.49. The number of fused-ring (bicyclic) bond motifs is 3. The van der Waals surface area contributed by atoms with Crippen molar-refractivity contribution in [2.75, 3.05) is 0 Å². The number of ether oxygens (including phenoxy) is 4. The zero-order chi connectivity index (χ0) is 57.5. The summed E-state index contributed by atoms with van der Waals surface area (Å²) in [5.41, 5.74) is 0.562. The van der Waals surface area contributed by atoms with Crippen LogP contribution in [0.1, 0.15) is 84.6 Å². The number of rotatable bonds is 6. The van der Waals surface area contributed by atoms with E-state index < -0.39 is 170 Å². The zero-order valence-electron chi connectivity index (χ0n) is 44.1. The molecule has 434 valence electrons. The predicted octanol–water partition coefficient (Wildman–Crippen LogP) is 0.686. The Morgan fingerprint density at radius 2 is 1.33 bits per heavy atom. The van der Waals surface area contributed by atoms with E-state index in [-0.39, 0.29) is 42.1 Å². The molecule has 0 aliphatic carbocycles. The molecule has 4 aliphatic rings. The quantitative estimate of drug-likeness (QED) is 0.138. The lowest BCUT2D eigenvalue weighted by molar-refractivity contribution is -0.308. The monoisotopic (exact) mass is 1120 g/mol. The van der Waals surface area contributed by atoms with Gasteiger partial charge in [0.1, 0.15) is 23.9 Å². The maximum absolute atomic E-state index is 13.7. The van der Waals surface area contributed by atoms with Gasteiger partial charge in [-0.25, -0.2) is 13.1 Å². The van der Waals surface area contributed by atoms with Gasteiger partial charge in [-0.05, 0) is 50.8 Å². The first-order valence-electron chi connectivity index (χ1n) is 26.2. The average molecular weight is 1120 g/mol. The third-order valence-corrected chi connectivity index (χ3v) is 15.7. The number of allylic oxidation sites excluding steroid dienone is 12. The number of sulfonamides is 1. The van der Waals surface area contributed by atoms with Crippen LogP contribution in [0.4, 0.5) is 0 Å². The molecular formula is C54H78BNO21S. The summed E-state index contributed by atoms with van der Waals surface area (Å²) in [4.78, 5) is 25.1. The highest BCUT2D eigenvalue weighted by atomic mass is 32.2. The summed E-state index contributed by atoms with van der Waals surface area (Å²) in [6.45, 7) is 6.57. The Hall–Kier alpha value is -4.45. The summed E-state index contributed by atoms with van der Waals surface area (Å²) >= 11 is 0. The van der Waals surface area contributed by atoms with Crippen LogP contribution in [0.25, 0.3) is 0 Å². The summed E-state index contributed by atoms with van der Waals surface area (Å²) < 4.78 is 58.5. The van der Waals surface area contributed by atoms with Crippen molar-refractivity contribution in [2.45, 2.75) is 188 Å². The second kappa shape index (κ2) is 29.9. The fourth-order valence-corrected chi connectivity index (χ4v) is 11.0. The second-order valence-corrected chi connectivity index (χ2v) is 22.4. The fraction of sp³-hybridized carbons (Fsp3) is 0.593. The van der Waals surface area contributed by atoms with Crippen LogP contribution in [0.2, 0.25) is 0 Å². The number of cyclic esters (lactones) is 1. The molecule has 1 aromatic carbocycles. The summed E-state index contributed by atoms with van der Waals surface area (Å²) in [6, 6.07) is 2.26. The second-order valence-electron chi connectivity index (χ2n) is 20.7. The van der Waals surface area contributed by atoms with Crippen molar-refractivity contribution in [1.82, 2.24) is 4.72 Å². The van der Waals surface area contributed by atoms with Gasteiger partial charge >= 0.3 is 19.1 Å². The number of aliphatic carboxylic acids is 1. The van der Waals surface area contributed by atoms with Gasteiger partial charge in [-0.2, -0.15) is 0 Å². The van der Waals surface area contributed by atoms with Crippen LogP contribution in [-0.2, 0) is 44.9 Å². The van der Waals surface area contributed by atoms with Crippen LogP contribution in [0.5, 0.6) is 5.75 Å². The topological polar surface area (TPSA) is 369 Å². The van der Waals surface area contributed by atoms with Crippen molar-refractivity contribution in [3.63, 3.8) is 0 Å². The number of hydrogen-bond donors (Lipinski definition) is 13. The molecule has 4 aliphatic heterocycles. The number of hydrogen-bond acceptors (Lipinski definition) is 20. The smallest absolute Gasteiger partial charge is 0.527 e. The molecule has 0 spiro atoms. The standard InChI is InChI=1S/C54H78BNO21S/c1-31-17-15-13-11-9-7-5-6-8-10-12-14-16-18-39(75-53-51(66)48(50(65)34(4)74-53)56-78(71,72)40-21-19-35-30-55(70)77-44(35)27-40)26-45-47(52(67)68)43(62)29-54(69,76-45)28-38(59)24-42(61)41(60)22-20-36(57)23-37(58)25-46(63)73-33(3)32(2)49(31)64/h5-19,21,27,31-34,36-39,41-43,45,47-51,53,56-62,64-66,69-70H,20,22-26,28-30H2,1-4H3,(H,67,68)/b6-5-,9-7-,10-8-,13-11-,14-12-,17-15-,18-16+/t31-,32-,33-,34+,36+,37+,38-,39-,41+,42+,43-,45-,47+,48-,49+,50+,51-,53-,54+/m0/s1. The van der Waals surface area contributed by atoms with E-state index in [4.69, 9.17) is 23.6 Å². The minimum Gasteiger partial charge on any atom is -0.536 e. The van der Waals surface area contributed by atoms with Crippen LogP contribution in [0.15, 0.2) is 108 Å². The van der Waals surface area contributed by atoms with Gasteiger partial charge < -0.3 is 84.8 Å². The number of carboxylic acids is 1. The molecule has 2 fully saturated rings. The van der Waals surface area contributed by atoms with E-state index in [2.05, 4.69) is 4.72 Å². The highest BCUT2D eigenvalue weighted by Crippen LogP contribution is 2.39. The molecule has 78 heavy (non-hydrogen) atoms. The number of carbonyl (C=O) groups is 2. The van der Waals surface area contributed by atoms with E-state index in [1.165, 1.54) is 37.3 Å². The number of aliphatic hydroxyl groups is 10. The van der Waals surface area contributed by atoms with Crippen LogP contribution in [0, 0.1) is 17.8 Å². The van der Waals surface area contributed by atoms with Gasteiger partial charge in [0.2, 0.25) is 10.0 Å². The Morgan fingerprint density at radius 1 is 0.718 bits per heavy atom. The molecular weight excluding hydrogens is 1040 g/mol. The van der Waals surface area contributed by atoms with Gasteiger partial charge in [0, 0.05) is 43.8 Å². The lowest BCUT2D eigenvalue weighted by Crippen LogP contribution is -2.64. The Labute approximate surface area is 455 Å². The third kappa shape index (κ3) is 19.1. The van der Waals surface area contributed by atoms with Crippen LogP contribution < -0.4 is 9.38 Å². The molecule has 2 bridgehead atoms. The van der Waals surface area contributed by atoms with E-state index in [0.29, 0.717) is 5.56 Å². The molecule has 0 saturated carbocycles. The molecule has 19 atom stereocenters. The predicted molar refractivity (Wildman–Crippen MR) is 282 cm³/mol. The van der Waals surface area contributed by atoms with Crippen molar-refractivity contribution >= 4 is 29.1 Å². The van der Waals surface area contributed by atoms with Crippen molar-refractivity contribution in [1.29, 1.82) is 0 Å². The van der Waals surface area contributed by atoms with E-state index in [1.807, 2.05) is 6.92 Å². The molecule has 5 rings (SSSR count). The molecule has 4 heterocycles. The lowest BCUT2D eigenvalue weighted by Gasteiger charge is -2.45. The molecule has 22 nitrogen and oxygen atoms in total. The Balaban J connectivity index is 1.38. The molecule has 1 aromatic rings. The van der Waals surface area contributed by atoms with E-state index in [0.717, 1.165) is 0 Å². The third-order valence-electron chi connectivity index (χ3n) is 14.3. The maximum atomic E-state index is 13.7. The molecule has 2 saturated heterocycles. The number of carbonyl (C=O) groups excluding carboxylic acids is 1. The number of nitrogens with one attached hydrogen (secondary N) is 1. The van der Waals surface area contributed by atoms with Gasteiger partial charge in [-0.15, -0.1) is 0 Å². The van der Waals surface area contributed by atoms with Crippen molar-refractivity contribution in [3.8, 4) is 5.75 Å². The van der Waals surface area contributed by atoms with Gasteiger partial charge in [0.15, 0.2) is 12.1 Å². The summed E-state index contributed by atoms with van der Waals surface area (Å²) in [5, 5.41) is 131. The van der Waals surface area contributed by atoms with E-state index in [9.17, 15) is 79.2 Å². The Morgan fingerprint density at radius 3 is 1.96 bits per heavy atom. The molecule has 0 aromatic heterocycles. The first-order chi connectivity index (χ1) is 36.8. The van der Waals surface area contributed by atoms with Crippen LogP contribution in [-0.4, -0.2) is 186 Å². The molecule has 0 radical (unpaired) electrons. The highest BCUT2D eigenvalue weighted by Gasteiger charge is 2.51. The molecule has 0 unspecified atom stereocenters. The van der Waals surface area contributed by atoms with Crippen molar-refractivity contribution < 1.29 is 103 Å². The Bertz CT molecular complexity index is 2430. The van der Waals surface area contributed by atoms with Crippen LogP contribution in [0.3, 0.4) is 0 Å². The maximum Gasteiger partial charge on any atom is 0.527 e. The van der Waals surface area contributed by atoms with E-state index in [1.54, 1.807) is 86.8 Å². The minimum absolute atomic E-state index is 0.129. The number of carboxylic acid groups (broad SMARTS) is 1. The normalized spacial score (nSPS) is 40.7. The van der Waals surface area contributed by atoms with Gasteiger partial charge in [-0.1, -0.05) is 105 Å². The van der Waals surface area contributed by atoms with Gasteiger partial charge in [-0.3, -0.25) is 9.59 Å². The van der Waals surface area contributed by atoms with Crippen molar-refractivity contribution in [2.24, 2.45) is 17.8 Å². The van der Waals surface area contributed by atoms with Crippen molar-refractivity contribution in [3.05, 3.63) is 109 Å². The largest absolute Gasteiger partial charge is 0.536 e. The number of aliphatic hydroxyl groups excluding tert-OH is 9. The first kappa shape index (κ1) is 64.4. The average Bonchev–Trinajstić information content (AvgIpc) is 3.80. The first-order valence-corrected chi connectivity index (χ1v) is 27.7. The number of esters is 1. The summed E-state index contributed by atoms with van der Waals surface area (Å²) in [6.07, 6.45) is 0.214. The van der Waals surface area contributed by atoms with Gasteiger partial charge in [0.25, 0.3) is 0 Å². The fourth-order valence-electron chi connectivity index (χ4n) is 9.68. The van der Waals surface area contributed by atoms with Gasteiger partial charge in [0.05, 0.1) is 84.5 Å². The highest BCUT2D eigenvalue weighted by molar-refractivity contribution is 7.89. The van der Waals surface area contributed by atoms with Crippen LogP contribution >= 0.6 is 0 Å². The Kier molecular flexibility index (Phi) is 24.6. The zero-order valence-corrected chi connectivity index (χ0v) is 44.9. The molecule has 0 amide bonds. The summed E-state index contributed by atoms with van der Waals surface area (Å²) in [5.74, 6) is -7.09. The SMILES string of the molecule is C[C@@H]1[C@H](O)[C@@H](C)\C=C/C=C\C=C/C=C\C=C/C=C\C=C\[C@H](O[C@@H]2O[C@H](C)[C@@H](O)[C@H](NS(=O)(=O)c3ccc4c(c3)OB(O)C4)[C@@H]2O)C[C@@H]2O[C@](O)(C[C@@H](O)C[C@@H](O)[C@H](O)CC[C@@H](O)C[C@@H](O)CC(=O)O[C@H]1C)C[C@H](O)[C@H]2C(=O)O. The molecule has 24 heteroatoms. The lowest BCUT2D eigenvalue weighted by atomic mass is 9.82.